The number of nitrogens with two attached hydrogens (primary N) is 1. The van der Waals surface area contributed by atoms with Crippen LogP contribution in [0.15, 0.2) is 79.3 Å². The van der Waals surface area contributed by atoms with Crippen molar-refractivity contribution in [3.05, 3.63) is 124 Å². The molecule has 0 aliphatic carbocycles. The topological polar surface area (TPSA) is 90.9 Å². The Morgan fingerprint density at radius 1 is 1.05 bits per heavy atom. The summed E-state index contributed by atoms with van der Waals surface area (Å²) in [6.07, 6.45) is 4.16. The summed E-state index contributed by atoms with van der Waals surface area (Å²) in [5.41, 5.74) is 15.2. The molecule has 2 heterocycles. The molecule has 0 radical (unpaired) electrons. The van der Waals surface area contributed by atoms with Gasteiger partial charge in [-0.1, -0.05) is 49.9 Å². The molecular weight excluding hydrogens is 487 g/mol. The number of nitrogen functional groups attached to an aromatic ring is 1. The maximum absolute atomic E-state index is 14.3. The molecule has 1 aliphatic rings. The van der Waals surface area contributed by atoms with Crippen LogP contribution in [0.25, 0.3) is 11.8 Å². The van der Waals surface area contributed by atoms with Gasteiger partial charge in [0.05, 0.1) is 17.8 Å². The number of aromatic nitrogens is 2. The summed E-state index contributed by atoms with van der Waals surface area (Å²) in [5.74, 6) is 0.160. The number of hydrogen-bond donors (Lipinski definition) is 3. The molecule has 1 aliphatic heterocycles. The fourth-order valence-corrected chi connectivity index (χ4v) is 5.08. The van der Waals surface area contributed by atoms with Crippen molar-refractivity contribution in [1.29, 1.82) is 5.41 Å². The summed E-state index contributed by atoms with van der Waals surface area (Å²) < 4.78 is 14.3. The van der Waals surface area contributed by atoms with Crippen molar-refractivity contribution in [3.63, 3.8) is 0 Å². The van der Waals surface area contributed by atoms with Gasteiger partial charge in [-0.3, -0.25) is 5.41 Å². The second-order valence-corrected chi connectivity index (χ2v) is 9.66. The average molecular weight is 519 g/mol. The number of nitrogens with one attached hydrogen (secondary N) is 2. The quantitative estimate of drug-likeness (QED) is 0.236. The molecule has 196 valence electrons. The lowest BCUT2D eigenvalue weighted by molar-refractivity contribution is 0.625. The first kappa shape index (κ1) is 25.9. The Morgan fingerprint density at radius 3 is 2.59 bits per heavy atom. The summed E-state index contributed by atoms with van der Waals surface area (Å²) in [7, 11) is 0. The number of fused-ring (bicyclic) bond motifs is 1. The Morgan fingerprint density at radius 2 is 1.82 bits per heavy atom. The number of aryl methyl sites for hydroxylation is 3. The van der Waals surface area contributed by atoms with Crippen LogP contribution in [0.3, 0.4) is 0 Å². The third kappa shape index (κ3) is 4.91. The summed E-state index contributed by atoms with van der Waals surface area (Å²) in [5, 5.41) is 12.3. The van der Waals surface area contributed by atoms with E-state index < -0.39 is 5.82 Å². The van der Waals surface area contributed by atoms with E-state index in [4.69, 9.17) is 11.1 Å². The molecule has 4 N–H and O–H groups in total. The van der Waals surface area contributed by atoms with E-state index in [0.717, 1.165) is 44.9 Å². The highest BCUT2D eigenvalue weighted by Gasteiger charge is 2.26. The van der Waals surface area contributed by atoms with Crippen molar-refractivity contribution in [1.82, 2.24) is 9.97 Å². The normalized spacial score (nSPS) is 12.7. The zero-order valence-electron chi connectivity index (χ0n) is 22.3. The molecule has 0 saturated heterocycles. The smallest absolute Gasteiger partial charge is 0.141 e. The average Bonchev–Trinajstić information content (AvgIpc) is 2.92. The molecule has 6 nitrogen and oxygen atoms in total. The first-order chi connectivity index (χ1) is 18.8. The number of rotatable bonds is 7. The summed E-state index contributed by atoms with van der Waals surface area (Å²) >= 11 is 0. The maximum Gasteiger partial charge on any atom is 0.141 e. The van der Waals surface area contributed by atoms with E-state index in [-0.39, 0.29) is 11.5 Å². The molecular formula is C32H31FN6. The van der Waals surface area contributed by atoms with Crippen molar-refractivity contribution in [2.45, 2.75) is 27.2 Å². The lowest BCUT2D eigenvalue weighted by Gasteiger charge is -2.35. The van der Waals surface area contributed by atoms with E-state index >= 15 is 0 Å². The summed E-state index contributed by atoms with van der Waals surface area (Å²) in [6, 6.07) is 19.0. The minimum Gasteiger partial charge on any atom is -0.383 e. The molecule has 0 saturated carbocycles. The van der Waals surface area contributed by atoms with Crippen molar-refractivity contribution in [2.75, 3.05) is 22.5 Å². The van der Waals surface area contributed by atoms with Crippen LogP contribution in [0.5, 0.6) is 0 Å². The van der Waals surface area contributed by atoms with Gasteiger partial charge in [0.1, 0.15) is 23.8 Å². The highest BCUT2D eigenvalue weighted by atomic mass is 19.1. The van der Waals surface area contributed by atoms with Crippen molar-refractivity contribution < 1.29 is 4.39 Å². The molecule has 4 aromatic rings. The van der Waals surface area contributed by atoms with Crippen LogP contribution in [0.2, 0.25) is 0 Å². The molecule has 0 bridgehead atoms. The molecule has 1 aromatic heterocycles. The standard InChI is InChI=1S/C32H31FN6/c1-5-22-13-24(15-25(33)14-22)30(34)29-31(35)37-18-38-32(29)36-17-26-16-23-11-8-10-20(3)28(23)21(4)39(26)27-12-7-6-9-19(27)2/h6-16,18,34H,4-5,17H2,1-3H3,(H3,35,36,37,38). The molecule has 0 amide bonds. The maximum atomic E-state index is 14.3. The zero-order valence-corrected chi connectivity index (χ0v) is 22.3. The lowest BCUT2D eigenvalue weighted by Crippen LogP contribution is -2.29. The van der Waals surface area contributed by atoms with E-state index in [1.54, 1.807) is 6.07 Å². The van der Waals surface area contributed by atoms with Gasteiger partial charge in [0, 0.05) is 28.2 Å². The van der Waals surface area contributed by atoms with Crippen LogP contribution >= 0.6 is 0 Å². The van der Waals surface area contributed by atoms with Crippen LogP contribution < -0.4 is 16.0 Å². The molecule has 39 heavy (non-hydrogen) atoms. The number of benzene rings is 3. The van der Waals surface area contributed by atoms with E-state index in [2.05, 4.69) is 71.0 Å². The van der Waals surface area contributed by atoms with Crippen LogP contribution in [0.1, 0.15) is 45.9 Å². The molecule has 3 aromatic carbocycles. The Labute approximate surface area is 228 Å². The number of hydrogen-bond acceptors (Lipinski definition) is 6. The first-order valence-corrected chi connectivity index (χ1v) is 12.9. The molecule has 7 heteroatoms. The Bertz CT molecular complexity index is 1640. The summed E-state index contributed by atoms with van der Waals surface area (Å²) in [4.78, 5) is 10.7. The van der Waals surface area contributed by atoms with Gasteiger partial charge in [0.15, 0.2) is 0 Å². The number of anilines is 3. The van der Waals surface area contributed by atoms with Crippen LogP contribution in [-0.2, 0) is 6.42 Å². The predicted molar refractivity (Wildman–Crippen MR) is 158 cm³/mol. The van der Waals surface area contributed by atoms with Crippen molar-refractivity contribution in [3.8, 4) is 0 Å². The van der Waals surface area contributed by atoms with E-state index in [1.165, 1.54) is 18.5 Å². The van der Waals surface area contributed by atoms with Gasteiger partial charge < -0.3 is 16.0 Å². The minimum atomic E-state index is -0.396. The second-order valence-electron chi connectivity index (χ2n) is 9.66. The van der Waals surface area contributed by atoms with Gasteiger partial charge in [-0.25, -0.2) is 14.4 Å². The predicted octanol–water partition coefficient (Wildman–Crippen LogP) is 6.74. The van der Waals surface area contributed by atoms with Gasteiger partial charge >= 0.3 is 0 Å². The van der Waals surface area contributed by atoms with Crippen LogP contribution in [0.4, 0.5) is 21.7 Å². The second kappa shape index (κ2) is 10.5. The highest BCUT2D eigenvalue weighted by molar-refractivity contribution is 6.16. The zero-order chi connectivity index (χ0) is 27.7. The largest absolute Gasteiger partial charge is 0.383 e. The van der Waals surface area contributed by atoms with E-state index in [0.29, 0.717) is 29.9 Å². The summed E-state index contributed by atoms with van der Waals surface area (Å²) in [6.45, 7) is 11.0. The Kier molecular flexibility index (Phi) is 6.98. The Hall–Kier alpha value is -4.78. The molecule has 0 spiro atoms. The monoisotopic (exact) mass is 518 g/mol. The van der Waals surface area contributed by atoms with Crippen molar-refractivity contribution in [2.24, 2.45) is 0 Å². The van der Waals surface area contributed by atoms with Gasteiger partial charge in [-0.15, -0.1) is 0 Å². The third-order valence-corrected chi connectivity index (χ3v) is 7.05. The highest BCUT2D eigenvalue weighted by Crippen LogP contribution is 2.39. The van der Waals surface area contributed by atoms with E-state index in [9.17, 15) is 4.39 Å². The first-order valence-electron chi connectivity index (χ1n) is 12.9. The SMILES string of the molecule is C=C1c2c(C)cccc2C=C(CNc2ncnc(N)c2C(=N)c2cc(F)cc(CC)c2)N1c1ccccc1C. The van der Waals surface area contributed by atoms with E-state index in [1.807, 2.05) is 25.1 Å². The fraction of sp³-hybridized carbons (Fsp3) is 0.156. The molecule has 5 rings (SSSR count). The lowest BCUT2D eigenvalue weighted by atomic mass is 9.93. The third-order valence-electron chi connectivity index (χ3n) is 7.05. The van der Waals surface area contributed by atoms with Crippen molar-refractivity contribution >= 4 is 34.8 Å². The van der Waals surface area contributed by atoms with Gasteiger partial charge in [0.2, 0.25) is 0 Å². The number of nitrogens with zero attached hydrogens (tertiary/aromatic N) is 3. The molecule has 0 unspecified atom stereocenters. The van der Waals surface area contributed by atoms with Gasteiger partial charge in [-0.05, 0) is 72.9 Å². The van der Waals surface area contributed by atoms with Gasteiger partial charge in [0.25, 0.3) is 0 Å². The number of halogens is 1. The number of para-hydroxylation sites is 1. The van der Waals surface area contributed by atoms with Gasteiger partial charge in [-0.2, -0.15) is 0 Å². The van der Waals surface area contributed by atoms with Crippen LogP contribution in [0, 0.1) is 25.1 Å². The molecule has 0 atom stereocenters. The minimum absolute atomic E-state index is 0.0589. The van der Waals surface area contributed by atoms with Crippen LogP contribution in [-0.4, -0.2) is 22.2 Å². The Balaban J connectivity index is 1.54. The molecule has 0 fully saturated rings. The fourth-order valence-electron chi connectivity index (χ4n) is 5.08.